The molecule has 100 valence electrons. The van der Waals surface area contributed by atoms with E-state index in [4.69, 9.17) is 5.73 Å². The first-order valence-electron chi connectivity index (χ1n) is 6.63. The summed E-state index contributed by atoms with van der Waals surface area (Å²) in [7, 11) is 1.57. The third kappa shape index (κ3) is 1.79. The van der Waals surface area contributed by atoms with E-state index in [9.17, 15) is 10.1 Å². The third-order valence-corrected chi connectivity index (χ3v) is 3.99. The lowest BCUT2D eigenvalue weighted by Gasteiger charge is -2.10. The maximum absolute atomic E-state index is 12.1. The van der Waals surface area contributed by atoms with Crippen molar-refractivity contribution in [1.29, 1.82) is 5.26 Å². The molecule has 0 radical (unpaired) electrons. The van der Waals surface area contributed by atoms with Crippen molar-refractivity contribution in [1.82, 2.24) is 4.57 Å². The maximum Gasteiger partial charge on any atom is 0.270 e. The summed E-state index contributed by atoms with van der Waals surface area (Å²) in [4.78, 5) is 12.1. The summed E-state index contributed by atoms with van der Waals surface area (Å²) in [5, 5.41) is 9.27. The van der Waals surface area contributed by atoms with Crippen molar-refractivity contribution in [3.8, 4) is 17.2 Å². The largest absolute Gasteiger partial charge is 0.385 e. The molecular weight excluding hydrogens is 250 g/mol. The molecule has 1 aromatic carbocycles. The standard InChI is InChI=1S/C16H15N3O/c1-19-15(18)8-13(14(9-17)16(19)20)12-6-5-10-3-2-4-11(10)7-12/h5-8H,2-4,18H2,1H3. The number of hydrogen-bond donors (Lipinski definition) is 1. The Balaban J connectivity index is 2.25. The predicted molar refractivity (Wildman–Crippen MR) is 78.3 cm³/mol. The van der Waals surface area contributed by atoms with E-state index in [0.717, 1.165) is 18.4 Å². The second-order valence-corrected chi connectivity index (χ2v) is 5.17. The van der Waals surface area contributed by atoms with Gasteiger partial charge in [-0.25, -0.2) is 0 Å². The van der Waals surface area contributed by atoms with Crippen molar-refractivity contribution in [2.45, 2.75) is 19.3 Å². The smallest absolute Gasteiger partial charge is 0.270 e. The average molecular weight is 265 g/mol. The Hall–Kier alpha value is -2.54. The molecule has 0 saturated carbocycles. The molecule has 2 N–H and O–H groups in total. The van der Waals surface area contributed by atoms with E-state index in [0.29, 0.717) is 11.4 Å². The summed E-state index contributed by atoms with van der Waals surface area (Å²) in [5.74, 6) is 0.365. The van der Waals surface area contributed by atoms with E-state index in [1.54, 1.807) is 13.1 Å². The van der Waals surface area contributed by atoms with Gasteiger partial charge in [-0.05, 0) is 42.0 Å². The van der Waals surface area contributed by atoms with Crippen LogP contribution in [0.25, 0.3) is 11.1 Å². The number of nitrogen functional groups attached to an aromatic ring is 1. The van der Waals surface area contributed by atoms with Crippen LogP contribution < -0.4 is 11.3 Å². The summed E-state index contributed by atoms with van der Waals surface area (Å²) in [6.07, 6.45) is 3.34. The molecule has 1 aliphatic rings. The molecular formula is C16H15N3O. The number of benzene rings is 1. The van der Waals surface area contributed by atoms with Crippen LogP contribution in [-0.4, -0.2) is 4.57 Å². The molecule has 0 unspecified atom stereocenters. The maximum atomic E-state index is 12.1. The number of anilines is 1. The van der Waals surface area contributed by atoms with Gasteiger partial charge in [-0.3, -0.25) is 9.36 Å². The molecule has 4 nitrogen and oxygen atoms in total. The van der Waals surface area contributed by atoms with Gasteiger partial charge in [0, 0.05) is 12.6 Å². The van der Waals surface area contributed by atoms with Crippen LogP contribution in [0.2, 0.25) is 0 Å². The summed E-state index contributed by atoms with van der Waals surface area (Å²) < 4.78 is 1.30. The molecule has 0 atom stereocenters. The Kier molecular flexibility index (Phi) is 2.83. The number of aromatic nitrogens is 1. The lowest BCUT2D eigenvalue weighted by atomic mass is 9.98. The van der Waals surface area contributed by atoms with Gasteiger partial charge in [-0.1, -0.05) is 18.2 Å². The van der Waals surface area contributed by atoms with Crippen LogP contribution in [0.5, 0.6) is 0 Å². The molecule has 1 aromatic heterocycles. The fraction of sp³-hybridized carbons (Fsp3) is 0.250. The molecule has 0 saturated heterocycles. The zero-order valence-electron chi connectivity index (χ0n) is 11.3. The normalized spacial score (nSPS) is 13.0. The second-order valence-electron chi connectivity index (χ2n) is 5.17. The lowest BCUT2D eigenvalue weighted by molar-refractivity contribution is 0.871. The minimum absolute atomic E-state index is 0.152. The first-order valence-corrected chi connectivity index (χ1v) is 6.63. The van der Waals surface area contributed by atoms with Gasteiger partial charge in [0.05, 0.1) is 0 Å². The van der Waals surface area contributed by atoms with Crippen molar-refractivity contribution in [2.24, 2.45) is 7.05 Å². The Morgan fingerprint density at radius 1 is 1.25 bits per heavy atom. The number of rotatable bonds is 1. The van der Waals surface area contributed by atoms with Crippen LogP contribution in [0.15, 0.2) is 29.1 Å². The van der Waals surface area contributed by atoms with Crippen LogP contribution in [0, 0.1) is 11.3 Å². The molecule has 20 heavy (non-hydrogen) atoms. The minimum Gasteiger partial charge on any atom is -0.385 e. The molecule has 3 rings (SSSR count). The quantitative estimate of drug-likeness (QED) is 0.857. The molecule has 0 bridgehead atoms. The van der Waals surface area contributed by atoms with Crippen LogP contribution in [0.1, 0.15) is 23.1 Å². The highest BCUT2D eigenvalue weighted by molar-refractivity contribution is 5.73. The summed E-state index contributed by atoms with van der Waals surface area (Å²) in [6.45, 7) is 0. The van der Waals surface area contributed by atoms with Crippen molar-refractivity contribution in [2.75, 3.05) is 5.73 Å². The van der Waals surface area contributed by atoms with Crippen LogP contribution in [0.3, 0.4) is 0 Å². The number of aryl methyl sites for hydroxylation is 2. The molecule has 4 heteroatoms. The lowest BCUT2D eigenvalue weighted by Crippen LogP contribution is -2.23. The van der Waals surface area contributed by atoms with E-state index >= 15 is 0 Å². The number of hydrogen-bond acceptors (Lipinski definition) is 3. The number of nitriles is 1. The minimum atomic E-state index is -0.344. The monoisotopic (exact) mass is 265 g/mol. The molecule has 1 heterocycles. The molecule has 0 fully saturated rings. The van der Waals surface area contributed by atoms with Gasteiger partial charge in [0.1, 0.15) is 17.5 Å². The van der Waals surface area contributed by atoms with Gasteiger partial charge in [0.15, 0.2) is 0 Å². The van der Waals surface area contributed by atoms with Gasteiger partial charge in [0.25, 0.3) is 5.56 Å². The van der Waals surface area contributed by atoms with Gasteiger partial charge in [-0.2, -0.15) is 5.26 Å². The Bertz CT molecular complexity index is 797. The molecule has 2 aromatic rings. The first-order chi connectivity index (χ1) is 9.61. The molecule has 0 aliphatic heterocycles. The first kappa shape index (κ1) is 12.5. The summed E-state index contributed by atoms with van der Waals surface area (Å²) in [5.41, 5.74) is 9.86. The van der Waals surface area contributed by atoms with Crippen molar-refractivity contribution < 1.29 is 0 Å². The zero-order valence-corrected chi connectivity index (χ0v) is 11.3. The average Bonchev–Trinajstić information content (AvgIpc) is 2.91. The number of fused-ring (bicyclic) bond motifs is 1. The number of nitrogens with two attached hydrogens (primary N) is 1. The third-order valence-electron chi connectivity index (χ3n) is 3.99. The van der Waals surface area contributed by atoms with E-state index < -0.39 is 0 Å². The van der Waals surface area contributed by atoms with E-state index in [2.05, 4.69) is 12.1 Å². The molecule has 0 amide bonds. The van der Waals surface area contributed by atoms with Crippen LogP contribution >= 0.6 is 0 Å². The second kappa shape index (κ2) is 4.53. The number of nitrogens with zero attached hydrogens (tertiary/aromatic N) is 2. The van der Waals surface area contributed by atoms with Gasteiger partial charge < -0.3 is 5.73 Å². The van der Waals surface area contributed by atoms with Gasteiger partial charge >= 0.3 is 0 Å². The van der Waals surface area contributed by atoms with Crippen molar-refractivity contribution in [3.63, 3.8) is 0 Å². The highest BCUT2D eigenvalue weighted by Gasteiger charge is 2.16. The van der Waals surface area contributed by atoms with E-state index in [1.165, 1.54) is 22.1 Å². The topological polar surface area (TPSA) is 71.8 Å². The van der Waals surface area contributed by atoms with Gasteiger partial charge in [-0.15, -0.1) is 0 Å². The summed E-state index contributed by atoms with van der Waals surface area (Å²) >= 11 is 0. The Labute approximate surface area is 117 Å². The Morgan fingerprint density at radius 3 is 2.75 bits per heavy atom. The van der Waals surface area contributed by atoms with E-state index in [1.807, 2.05) is 12.1 Å². The molecule has 1 aliphatic carbocycles. The fourth-order valence-electron chi connectivity index (χ4n) is 2.79. The van der Waals surface area contributed by atoms with Crippen LogP contribution in [0.4, 0.5) is 5.82 Å². The molecule has 0 spiro atoms. The SMILES string of the molecule is Cn1c(N)cc(-c2ccc3c(c2)CCC3)c(C#N)c1=O. The zero-order chi connectivity index (χ0) is 14.3. The summed E-state index contributed by atoms with van der Waals surface area (Å²) in [6, 6.07) is 9.86. The van der Waals surface area contributed by atoms with Gasteiger partial charge in [0.2, 0.25) is 0 Å². The Morgan fingerprint density at radius 2 is 2.00 bits per heavy atom. The van der Waals surface area contributed by atoms with Crippen molar-refractivity contribution >= 4 is 5.82 Å². The highest BCUT2D eigenvalue weighted by Crippen LogP contribution is 2.29. The predicted octanol–water partition coefficient (Wildman–Crippen LogP) is 1.99. The number of pyridine rings is 1. The fourth-order valence-corrected chi connectivity index (χ4v) is 2.79. The van der Waals surface area contributed by atoms with Crippen LogP contribution in [-0.2, 0) is 19.9 Å². The van der Waals surface area contributed by atoms with Crippen molar-refractivity contribution in [3.05, 3.63) is 51.3 Å². The highest BCUT2D eigenvalue weighted by atomic mass is 16.1. The van der Waals surface area contributed by atoms with E-state index in [-0.39, 0.29) is 11.1 Å².